The van der Waals surface area contributed by atoms with Gasteiger partial charge in [0.2, 0.25) is 5.91 Å². The third kappa shape index (κ3) is 5.32. The van der Waals surface area contributed by atoms with Gasteiger partial charge in [-0.3, -0.25) is 4.79 Å². The quantitative estimate of drug-likeness (QED) is 0.591. The normalized spacial score (nSPS) is 10.7. The maximum Gasteiger partial charge on any atom is 0.240 e. The zero-order valence-electron chi connectivity index (χ0n) is 10.9. The highest BCUT2D eigenvalue weighted by atomic mass is 79.9. The predicted molar refractivity (Wildman–Crippen MR) is 83.7 cm³/mol. The maximum absolute atomic E-state index is 11.4. The number of methoxy groups -OCH3 is 1. The van der Waals surface area contributed by atoms with Crippen molar-refractivity contribution in [3.8, 4) is 5.75 Å². The van der Waals surface area contributed by atoms with Crippen LogP contribution in [0.5, 0.6) is 5.75 Å². The van der Waals surface area contributed by atoms with Crippen molar-refractivity contribution in [2.45, 2.75) is 26.2 Å². The van der Waals surface area contributed by atoms with Gasteiger partial charge >= 0.3 is 0 Å². The second-order valence-corrected chi connectivity index (χ2v) is 5.62. The number of nitrogens with one attached hydrogen (secondary N) is 1. The number of nitrogens with zero attached hydrogens (tertiary/aromatic N) is 1. The molecule has 0 bridgehead atoms. The van der Waals surface area contributed by atoms with Crippen molar-refractivity contribution in [2.24, 2.45) is 5.10 Å². The maximum atomic E-state index is 11.4. The fraction of sp³-hybridized carbons (Fsp3) is 0.385. The standard InChI is InChI=1S/C13H16Br2N2O2/c1-3-4-5-12(18)17-16-8-9-6-10(14)13(19-2)11(15)7-9/h6-8H,3-5H2,1-2H3,(H,17,18)/b16-8+. The van der Waals surface area contributed by atoms with Crippen LogP contribution in [-0.4, -0.2) is 19.2 Å². The minimum Gasteiger partial charge on any atom is -0.494 e. The SMILES string of the molecule is CCCCC(=O)N/N=C/c1cc(Br)c(OC)c(Br)c1. The van der Waals surface area contributed by atoms with Crippen molar-refractivity contribution in [3.05, 3.63) is 26.6 Å². The number of amides is 1. The summed E-state index contributed by atoms with van der Waals surface area (Å²) in [6.07, 6.45) is 3.97. The summed E-state index contributed by atoms with van der Waals surface area (Å²) in [5, 5.41) is 3.93. The first kappa shape index (κ1) is 16.2. The van der Waals surface area contributed by atoms with Crippen LogP contribution in [0.4, 0.5) is 0 Å². The van der Waals surface area contributed by atoms with Crippen molar-refractivity contribution >= 4 is 44.0 Å². The number of hydrazone groups is 1. The highest BCUT2D eigenvalue weighted by Gasteiger charge is 2.06. The molecule has 1 aromatic carbocycles. The second-order valence-electron chi connectivity index (χ2n) is 3.91. The molecule has 0 heterocycles. The van der Waals surface area contributed by atoms with Gasteiger partial charge in [0.25, 0.3) is 0 Å². The summed E-state index contributed by atoms with van der Waals surface area (Å²) in [5.74, 6) is 0.661. The van der Waals surface area contributed by atoms with Crippen molar-refractivity contribution in [1.29, 1.82) is 0 Å². The minimum atomic E-state index is -0.0651. The summed E-state index contributed by atoms with van der Waals surface area (Å²) in [6.45, 7) is 2.04. The van der Waals surface area contributed by atoms with Gasteiger partial charge in [-0.2, -0.15) is 5.10 Å². The lowest BCUT2D eigenvalue weighted by Crippen LogP contribution is -2.16. The number of halogens is 2. The molecule has 0 fully saturated rings. The van der Waals surface area contributed by atoms with Gasteiger partial charge < -0.3 is 4.74 Å². The Kier molecular flexibility index (Phi) is 7.09. The fourth-order valence-corrected chi connectivity index (χ4v) is 2.97. The molecule has 0 unspecified atom stereocenters. The summed E-state index contributed by atoms with van der Waals surface area (Å²) in [6, 6.07) is 3.73. The summed E-state index contributed by atoms with van der Waals surface area (Å²) in [7, 11) is 1.60. The predicted octanol–water partition coefficient (Wildman–Crippen LogP) is 3.86. The lowest BCUT2D eigenvalue weighted by Gasteiger charge is -2.06. The Labute approximate surface area is 129 Å². The van der Waals surface area contributed by atoms with E-state index in [-0.39, 0.29) is 5.91 Å². The van der Waals surface area contributed by atoms with Gasteiger partial charge in [0, 0.05) is 6.42 Å². The van der Waals surface area contributed by atoms with E-state index >= 15 is 0 Å². The van der Waals surface area contributed by atoms with Gasteiger partial charge in [-0.05, 0) is 56.0 Å². The van der Waals surface area contributed by atoms with Gasteiger partial charge in [0.15, 0.2) is 0 Å². The molecular weight excluding hydrogens is 376 g/mol. The Bertz CT molecular complexity index is 453. The van der Waals surface area contributed by atoms with Gasteiger partial charge in [0.1, 0.15) is 5.75 Å². The lowest BCUT2D eigenvalue weighted by molar-refractivity contribution is -0.121. The molecule has 0 aliphatic heterocycles. The molecule has 0 saturated carbocycles. The molecule has 0 aliphatic rings. The molecule has 0 aliphatic carbocycles. The number of hydrogen-bond donors (Lipinski definition) is 1. The summed E-state index contributed by atoms with van der Waals surface area (Å²) in [4.78, 5) is 11.4. The van der Waals surface area contributed by atoms with E-state index in [1.807, 2.05) is 19.1 Å². The van der Waals surface area contributed by atoms with Gasteiger partial charge in [-0.1, -0.05) is 13.3 Å². The third-order valence-corrected chi connectivity index (χ3v) is 3.56. The van der Waals surface area contributed by atoms with Crippen molar-refractivity contribution in [1.82, 2.24) is 5.43 Å². The van der Waals surface area contributed by atoms with Gasteiger partial charge in [-0.25, -0.2) is 5.43 Å². The topological polar surface area (TPSA) is 50.7 Å². The lowest BCUT2D eigenvalue weighted by atomic mass is 10.2. The van der Waals surface area contributed by atoms with Crippen molar-refractivity contribution in [3.63, 3.8) is 0 Å². The first-order chi connectivity index (χ1) is 9.08. The zero-order valence-corrected chi connectivity index (χ0v) is 14.0. The first-order valence-electron chi connectivity index (χ1n) is 5.93. The van der Waals surface area contributed by atoms with E-state index in [4.69, 9.17) is 4.74 Å². The summed E-state index contributed by atoms with van der Waals surface area (Å²) >= 11 is 6.82. The molecule has 1 amide bonds. The molecule has 1 rings (SSSR count). The van der Waals surface area contributed by atoms with Crippen LogP contribution in [0.25, 0.3) is 0 Å². The smallest absolute Gasteiger partial charge is 0.240 e. The van der Waals surface area contributed by atoms with Crippen molar-refractivity contribution < 1.29 is 9.53 Å². The van der Waals surface area contributed by atoms with E-state index in [2.05, 4.69) is 42.4 Å². The molecule has 0 spiro atoms. The van der Waals surface area contributed by atoms with E-state index in [9.17, 15) is 4.79 Å². The summed E-state index contributed by atoms with van der Waals surface area (Å²) in [5.41, 5.74) is 3.36. The molecule has 0 saturated heterocycles. The average Bonchev–Trinajstić information content (AvgIpc) is 2.36. The van der Waals surface area contributed by atoms with Crippen LogP contribution in [0.1, 0.15) is 31.7 Å². The van der Waals surface area contributed by atoms with Crippen LogP contribution in [0.2, 0.25) is 0 Å². The van der Waals surface area contributed by atoms with E-state index < -0.39 is 0 Å². The summed E-state index contributed by atoms with van der Waals surface area (Å²) < 4.78 is 6.85. The highest BCUT2D eigenvalue weighted by molar-refractivity contribution is 9.11. The Hall–Kier alpha value is -0.880. The van der Waals surface area contributed by atoms with Crippen LogP contribution < -0.4 is 10.2 Å². The average molecular weight is 392 g/mol. The molecule has 104 valence electrons. The monoisotopic (exact) mass is 390 g/mol. The number of carbonyl (C=O) groups is 1. The Morgan fingerprint density at radius 1 is 1.42 bits per heavy atom. The second kappa shape index (κ2) is 8.32. The van der Waals surface area contributed by atoms with Crippen LogP contribution in [0.3, 0.4) is 0 Å². The highest BCUT2D eigenvalue weighted by Crippen LogP contribution is 2.33. The first-order valence-corrected chi connectivity index (χ1v) is 7.52. The van der Waals surface area contributed by atoms with Crippen LogP contribution in [0, 0.1) is 0 Å². The third-order valence-electron chi connectivity index (χ3n) is 2.38. The number of carbonyl (C=O) groups excluding carboxylic acids is 1. The number of benzene rings is 1. The van der Waals surface area contributed by atoms with E-state index in [1.165, 1.54) is 0 Å². The largest absolute Gasteiger partial charge is 0.494 e. The fourth-order valence-electron chi connectivity index (χ4n) is 1.42. The van der Waals surface area contributed by atoms with Gasteiger partial charge in [0.05, 0.1) is 22.3 Å². The minimum absolute atomic E-state index is 0.0651. The van der Waals surface area contributed by atoms with E-state index in [0.717, 1.165) is 33.1 Å². The molecule has 1 N–H and O–H groups in total. The molecule has 0 atom stereocenters. The Morgan fingerprint density at radius 3 is 2.58 bits per heavy atom. The molecule has 0 radical (unpaired) electrons. The number of ether oxygens (including phenoxy) is 1. The van der Waals surface area contributed by atoms with Crippen molar-refractivity contribution in [2.75, 3.05) is 7.11 Å². The number of rotatable bonds is 6. The Morgan fingerprint density at radius 2 is 2.05 bits per heavy atom. The number of unbranched alkanes of at least 4 members (excludes halogenated alkanes) is 1. The van der Waals surface area contributed by atoms with Crippen LogP contribution in [0.15, 0.2) is 26.2 Å². The number of hydrogen-bond acceptors (Lipinski definition) is 3. The van der Waals surface area contributed by atoms with E-state index in [1.54, 1.807) is 13.3 Å². The van der Waals surface area contributed by atoms with Crippen LogP contribution in [-0.2, 0) is 4.79 Å². The molecule has 1 aromatic rings. The van der Waals surface area contributed by atoms with Crippen LogP contribution >= 0.6 is 31.9 Å². The zero-order chi connectivity index (χ0) is 14.3. The molecule has 0 aromatic heterocycles. The molecule has 6 heteroatoms. The Balaban J connectivity index is 2.65. The molecule has 4 nitrogen and oxygen atoms in total. The molecule has 19 heavy (non-hydrogen) atoms. The van der Waals surface area contributed by atoms with E-state index in [0.29, 0.717) is 6.42 Å². The molecular formula is C13H16Br2N2O2. The van der Waals surface area contributed by atoms with Gasteiger partial charge in [-0.15, -0.1) is 0 Å².